The number of carbonyl (C=O) groups is 1. The Morgan fingerprint density at radius 1 is 1.11 bits per heavy atom. The molecule has 2 aliphatic heterocycles. The van der Waals surface area contributed by atoms with Crippen LogP contribution in [0.4, 0.5) is 15.2 Å². The summed E-state index contributed by atoms with van der Waals surface area (Å²) >= 11 is 1.62. The smallest absolute Gasteiger partial charge is 0.186 e. The van der Waals surface area contributed by atoms with Crippen LogP contribution in [0.2, 0.25) is 0 Å². The Bertz CT molecular complexity index is 1400. The van der Waals surface area contributed by atoms with Gasteiger partial charge in [0.2, 0.25) is 0 Å². The summed E-state index contributed by atoms with van der Waals surface area (Å²) in [6, 6.07) is 10.9. The van der Waals surface area contributed by atoms with E-state index in [1.165, 1.54) is 10.9 Å². The monoisotopic (exact) mass is 488 g/mol. The van der Waals surface area contributed by atoms with Gasteiger partial charge in [0.25, 0.3) is 0 Å². The first-order valence-corrected chi connectivity index (χ1v) is 12.6. The van der Waals surface area contributed by atoms with Gasteiger partial charge in [-0.15, -0.1) is 0 Å². The molecule has 4 heterocycles. The van der Waals surface area contributed by atoms with Crippen molar-refractivity contribution in [2.45, 2.75) is 26.3 Å². The highest BCUT2D eigenvalue weighted by molar-refractivity contribution is 7.19. The Labute approximate surface area is 206 Å². The summed E-state index contributed by atoms with van der Waals surface area (Å²) in [7, 11) is 0. The van der Waals surface area contributed by atoms with Crippen LogP contribution in [0.5, 0.6) is 0 Å². The summed E-state index contributed by atoms with van der Waals surface area (Å²) in [5.41, 5.74) is 5.10. The molecule has 0 N–H and O–H groups in total. The van der Waals surface area contributed by atoms with Gasteiger partial charge >= 0.3 is 0 Å². The summed E-state index contributed by atoms with van der Waals surface area (Å²) in [6.07, 6.45) is 5.20. The van der Waals surface area contributed by atoms with Crippen molar-refractivity contribution in [1.29, 1.82) is 0 Å². The number of halogens is 1. The molecule has 2 aromatic heterocycles. The predicted octanol–water partition coefficient (Wildman–Crippen LogP) is 4.67. The third-order valence-corrected chi connectivity index (χ3v) is 8.38. The minimum absolute atomic E-state index is 0.238. The second kappa shape index (κ2) is 8.57. The molecule has 2 atom stereocenters. The van der Waals surface area contributed by atoms with Gasteiger partial charge in [0, 0.05) is 25.6 Å². The Morgan fingerprint density at radius 3 is 2.71 bits per heavy atom. The molecule has 2 aromatic carbocycles. The number of aryl methyl sites for hydroxylation is 2. The Kier molecular flexibility index (Phi) is 5.36. The van der Waals surface area contributed by atoms with E-state index in [2.05, 4.69) is 20.0 Å². The third-order valence-electron chi connectivity index (χ3n) is 7.13. The van der Waals surface area contributed by atoms with Crippen molar-refractivity contribution < 1.29 is 9.18 Å². The molecular weight excluding hydrogens is 463 g/mol. The molecule has 0 bridgehead atoms. The number of piperidine rings is 1. The van der Waals surface area contributed by atoms with Crippen LogP contribution in [-0.4, -0.2) is 51.9 Å². The van der Waals surface area contributed by atoms with Gasteiger partial charge in [-0.1, -0.05) is 29.5 Å². The van der Waals surface area contributed by atoms with Crippen molar-refractivity contribution in [2.24, 2.45) is 5.92 Å². The largest absolute Gasteiger partial charge is 0.369 e. The van der Waals surface area contributed by atoms with Gasteiger partial charge in [-0.3, -0.25) is 4.79 Å². The summed E-state index contributed by atoms with van der Waals surface area (Å²) in [5, 5.41) is 9.44. The van der Waals surface area contributed by atoms with Gasteiger partial charge in [-0.05, 0) is 49.6 Å². The van der Waals surface area contributed by atoms with Crippen molar-refractivity contribution in [3.05, 3.63) is 71.4 Å². The Hall–Kier alpha value is -3.59. The van der Waals surface area contributed by atoms with E-state index in [4.69, 9.17) is 4.98 Å². The number of aromatic nitrogens is 4. The number of fused-ring (bicyclic) bond motifs is 1. The zero-order chi connectivity index (χ0) is 24.1. The fraction of sp³-hybridized carbons (Fsp3) is 0.308. The maximum Gasteiger partial charge on any atom is 0.186 e. The highest BCUT2D eigenvalue weighted by Gasteiger charge is 2.44. The van der Waals surface area contributed by atoms with Crippen LogP contribution in [0.15, 0.2) is 48.8 Å². The first-order chi connectivity index (χ1) is 17.0. The lowest BCUT2D eigenvalue weighted by Gasteiger charge is -2.54. The molecular formula is C26H25FN6OS. The van der Waals surface area contributed by atoms with E-state index < -0.39 is 0 Å². The number of carbonyl (C=O) groups excluding carboxylic acids is 1. The Balaban J connectivity index is 1.29. The number of benzene rings is 2. The molecule has 35 heavy (non-hydrogen) atoms. The maximum atomic E-state index is 13.8. The lowest BCUT2D eigenvalue weighted by molar-refractivity contribution is 0.112. The number of rotatable bonds is 5. The standard InChI is InChI=1S/C26H25FN6OS/c1-16-6-7-22(33-28-9-10-29-33)21(15-34)24(16)31-11-8-19-13-32(23(19)14-31)26-30-17(2)25(35-26)18-4-3-5-20(27)12-18/h3-7,9-10,12,15,19,23H,8,11,13-14H2,1-2H3/t19-,23-/m1/s1. The highest BCUT2D eigenvalue weighted by Crippen LogP contribution is 2.43. The normalized spacial score (nSPS) is 19.4. The molecule has 2 saturated heterocycles. The van der Waals surface area contributed by atoms with E-state index in [9.17, 15) is 9.18 Å². The first kappa shape index (κ1) is 21.9. The fourth-order valence-electron chi connectivity index (χ4n) is 5.38. The van der Waals surface area contributed by atoms with Gasteiger partial charge in [-0.25, -0.2) is 9.37 Å². The zero-order valence-electron chi connectivity index (χ0n) is 19.6. The van der Waals surface area contributed by atoms with Crippen LogP contribution in [0.25, 0.3) is 16.1 Å². The van der Waals surface area contributed by atoms with Crippen molar-refractivity contribution in [2.75, 3.05) is 29.4 Å². The average Bonchev–Trinajstić information content (AvgIpc) is 3.50. The third kappa shape index (κ3) is 3.70. The van der Waals surface area contributed by atoms with Crippen LogP contribution in [-0.2, 0) is 0 Å². The van der Waals surface area contributed by atoms with E-state index in [0.29, 0.717) is 23.2 Å². The molecule has 0 radical (unpaired) electrons. The lowest BCUT2D eigenvalue weighted by Crippen LogP contribution is -2.64. The molecule has 0 aliphatic carbocycles. The van der Waals surface area contributed by atoms with Gasteiger partial charge in [0.05, 0.1) is 45.9 Å². The van der Waals surface area contributed by atoms with Crippen molar-refractivity contribution in [3.8, 4) is 16.1 Å². The molecule has 0 unspecified atom stereocenters. The molecule has 2 aliphatic rings. The molecule has 0 spiro atoms. The summed E-state index contributed by atoms with van der Waals surface area (Å²) < 4.78 is 13.8. The number of nitrogens with zero attached hydrogens (tertiary/aromatic N) is 6. The highest BCUT2D eigenvalue weighted by atomic mass is 32.1. The second-order valence-corrected chi connectivity index (χ2v) is 10.2. The molecule has 4 aromatic rings. The number of hydrogen-bond acceptors (Lipinski definition) is 7. The van der Waals surface area contributed by atoms with Gasteiger partial charge in [-0.2, -0.15) is 15.0 Å². The average molecular weight is 489 g/mol. The van der Waals surface area contributed by atoms with E-state index >= 15 is 0 Å². The number of anilines is 2. The van der Waals surface area contributed by atoms with Crippen LogP contribution < -0.4 is 9.80 Å². The Morgan fingerprint density at radius 2 is 1.94 bits per heavy atom. The second-order valence-electron chi connectivity index (χ2n) is 9.24. The number of thiazole rings is 1. The van der Waals surface area contributed by atoms with Crippen molar-refractivity contribution >= 4 is 28.4 Å². The van der Waals surface area contributed by atoms with Crippen molar-refractivity contribution in [3.63, 3.8) is 0 Å². The molecule has 9 heteroatoms. The molecule has 0 amide bonds. The zero-order valence-corrected chi connectivity index (χ0v) is 20.4. The maximum absolute atomic E-state index is 13.8. The topological polar surface area (TPSA) is 67.2 Å². The van der Waals surface area contributed by atoms with E-state index in [1.807, 2.05) is 32.0 Å². The van der Waals surface area contributed by atoms with Gasteiger partial charge in [0.1, 0.15) is 5.82 Å². The predicted molar refractivity (Wildman–Crippen MR) is 135 cm³/mol. The van der Waals surface area contributed by atoms with E-state index in [1.54, 1.807) is 35.9 Å². The fourth-order valence-corrected chi connectivity index (χ4v) is 6.51. The molecule has 178 valence electrons. The molecule has 7 nitrogen and oxygen atoms in total. The van der Waals surface area contributed by atoms with Gasteiger partial charge < -0.3 is 9.80 Å². The molecule has 6 rings (SSSR count). The van der Waals surface area contributed by atoms with E-state index in [0.717, 1.165) is 64.9 Å². The lowest BCUT2D eigenvalue weighted by atomic mass is 9.82. The summed E-state index contributed by atoms with van der Waals surface area (Å²) in [4.78, 5) is 24.3. The van der Waals surface area contributed by atoms with Crippen LogP contribution in [0.1, 0.15) is 28.0 Å². The number of hydrogen-bond donors (Lipinski definition) is 0. The SMILES string of the molecule is Cc1ccc(-n2nccn2)c(C=O)c1N1CC[C@@H]2CN(c3nc(C)c(-c4cccc(F)c4)s3)[C@@H]2C1. The van der Waals surface area contributed by atoms with Gasteiger partial charge in [0.15, 0.2) is 11.4 Å². The van der Waals surface area contributed by atoms with Crippen LogP contribution in [0.3, 0.4) is 0 Å². The minimum atomic E-state index is -0.238. The van der Waals surface area contributed by atoms with Crippen LogP contribution in [0, 0.1) is 25.6 Å². The summed E-state index contributed by atoms with van der Waals surface area (Å²) in [5.74, 6) is 0.363. The van der Waals surface area contributed by atoms with Crippen molar-refractivity contribution in [1.82, 2.24) is 20.0 Å². The summed E-state index contributed by atoms with van der Waals surface area (Å²) in [6.45, 7) is 6.72. The van der Waals surface area contributed by atoms with Crippen LogP contribution >= 0.6 is 11.3 Å². The first-order valence-electron chi connectivity index (χ1n) is 11.7. The minimum Gasteiger partial charge on any atom is -0.369 e. The number of aldehydes is 1. The van der Waals surface area contributed by atoms with E-state index in [-0.39, 0.29) is 5.82 Å². The molecule has 2 fully saturated rings. The quantitative estimate of drug-likeness (QED) is 0.380. The molecule has 0 saturated carbocycles.